The molecule has 0 aliphatic rings. The third-order valence-corrected chi connectivity index (χ3v) is 4.45. The van der Waals surface area contributed by atoms with Gasteiger partial charge in [0.25, 0.3) is 5.69 Å². The van der Waals surface area contributed by atoms with Crippen molar-refractivity contribution < 1.29 is 4.92 Å². The molecule has 0 spiro atoms. The standard InChI is InChI=1S/C15H15ClN2O2S/c1-2-17-14-8-7-12(18(19)20)9-11(14)10-21-15-6-4-3-5-13(15)16/h3-9,17H,2,10H2,1H3. The number of benzene rings is 2. The number of nitro groups is 1. The molecule has 110 valence electrons. The molecule has 0 heterocycles. The maximum absolute atomic E-state index is 10.9. The lowest BCUT2D eigenvalue weighted by molar-refractivity contribution is -0.384. The SMILES string of the molecule is CCNc1ccc([N+](=O)[O-])cc1CSc1ccccc1Cl. The highest BCUT2D eigenvalue weighted by atomic mass is 35.5. The molecule has 0 unspecified atom stereocenters. The van der Waals surface area contributed by atoms with Gasteiger partial charge in [-0.25, -0.2) is 0 Å². The van der Waals surface area contributed by atoms with E-state index in [0.717, 1.165) is 22.7 Å². The van der Waals surface area contributed by atoms with Crippen molar-refractivity contribution in [1.29, 1.82) is 0 Å². The first-order valence-corrected chi connectivity index (χ1v) is 7.86. The van der Waals surface area contributed by atoms with E-state index in [9.17, 15) is 10.1 Å². The van der Waals surface area contributed by atoms with Crippen LogP contribution < -0.4 is 5.32 Å². The van der Waals surface area contributed by atoms with Gasteiger partial charge in [0.1, 0.15) is 0 Å². The summed E-state index contributed by atoms with van der Waals surface area (Å²) in [6.07, 6.45) is 0. The number of non-ortho nitro benzene ring substituents is 1. The molecule has 0 saturated carbocycles. The third kappa shape index (κ3) is 4.12. The van der Waals surface area contributed by atoms with Crippen LogP contribution in [0.15, 0.2) is 47.4 Å². The molecule has 0 atom stereocenters. The summed E-state index contributed by atoms with van der Waals surface area (Å²) in [6.45, 7) is 2.76. The molecule has 0 aromatic heterocycles. The second-order valence-electron chi connectivity index (χ2n) is 4.35. The number of nitro benzene ring substituents is 1. The predicted molar refractivity (Wildman–Crippen MR) is 88.3 cm³/mol. The minimum atomic E-state index is -0.376. The average Bonchev–Trinajstić information content (AvgIpc) is 2.47. The van der Waals surface area contributed by atoms with Gasteiger partial charge in [-0.05, 0) is 30.7 Å². The number of hydrogen-bond acceptors (Lipinski definition) is 4. The second-order valence-corrected chi connectivity index (χ2v) is 5.77. The Kier molecular flexibility index (Phi) is 5.47. The van der Waals surface area contributed by atoms with Crippen LogP contribution >= 0.6 is 23.4 Å². The molecule has 4 nitrogen and oxygen atoms in total. The summed E-state index contributed by atoms with van der Waals surface area (Å²) in [7, 11) is 0. The number of rotatable bonds is 6. The van der Waals surface area contributed by atoms with E-state index in [4.69, 9.17) is 11.6 Å². The number of thioether (sulfide) groups is 1. The number of nitrogens with one attached hydrogen (secondary N) is 1. The smallest absolute Gasteiger partial charge is 0.269 e. The van der Waals surface area contributed by atoms with Crippen molar-refractivity contribution in [2.24, 2.45) is 0 Å². The van der Waals surface area contributed by atoms with Crippen LogP contribution in [0.4, 0.5) is 11.4 Å². The van der Waals surface area contributed by atoms with Gasteiger partial charge in [-0.2, -0.15) is 0 Å². The molecule has 2 aromatic carbocycles. The quantitative estimate of drug-likeness (QED) is 0.463. The van der Waals surface area contributed by atoms with E-state index >= 15 is 0 Å². The second kappa shape index (κ2) is 7.33. The zero-order valence-electron chi connectivity index (χ0n) is 11.5. The van der Waals surface area contributed by atoms with E-state index in [2.05, 4.69) is 5.32 Å². The maximum Gasteiger partial charge on any atom is 0.269 e. The van der Waals surface area contributed by atoms with Crippen LogP contribution in [-0.4, -0.2) is 11.5 Å². The number of halogens is 1. The Morgan fingerprint density at radius 2 is 2.05 bits per heavy atom. The summed E-state index contributed by atoms with van der Waals surface area (Å²) in [6, 6.07) is 12.5. The Morgan fingerprint density at radius 3 is 2.71 bits per heavy atom. The Balaban J connectivity index is 2.22. The van der Waals surface area contributed by atoms with E-state index in [1.54, 1.807) is 23.9 Å². The van der Waals surface area contributed by atoms with Crippen molar-refractivity contribution in [1.82, 2.24) is 0 Å². The van der Waals surface area contributed by atoms with Crippen LogP contribution in [0.3, 0.4) is 0 Å². The van der Waals surface area contributed by atoms with Crippen molar-refractivity contribution in [2.45, 2.75) is 17.6 Å². The molecule has 0 aliphatic carbocycles. The molecule has 0 saturated heterocycles. The molecule has 0 amide bonds. The fraction of sp³-hybridized carbons (Fsp3) is 0.200. The Labute approximate surface area is 132 Å². The minimum absolute atomic E-state index is 0.103. The molecule has 2 rings (SSSR count). The molecule has 21 heavy (non-hydrogen) atoms. The normalized spacial score (nSPS) is 10.4. The van der Waals surface area contributed by atoms with Crippen molar-refractivity contribution in [3.63, 3.8) is 0 Å². The van der Waals surface area contributed by atoms with Gasteiger partial charge < -0.3 is 5.32 Å². The summed E-state index contributed by atoms with van der Waals surface area (Å²) in [5.74, 6) is 0.619. The lowest BCUT2D eigenvalue weighted by Crippen LogP contribution is -2.01. The van der Waals surface area contributed by atoms with Crippen LogP contribution in [0.5, 0.6) is 0 Å². The first kappa shape index (κ1) is 15.7. The molecule has 0 bridgehead atoms. The number of hydrogen-bond donors (Lipinski definition) is 1. The summed E-state index contributed by atoms with van der Waals surface area (Å²) < 4.78 is 0. The van der Waals surface area contributed by atoms with Crippen molar-refractivity contribution in [3.8, 4) is 0 Å². The number of anilines is 1. The highest BCUT2D eigenvalue weighted by Gasteiger charge is 2.11. The minimum Gasteiger partial charge on any atom is -0.385 e. The molecule has 1 N–H and O–H groups in total. The summed E-state index contributed by atoms with van der Waals surface area (Å²) >= 11 is 7.69. The topological polar surface area (TPSA) is 55.2 Å². The molecular formula is C15H15ClN2O2S. The van der Waals surface area contributed by atoms with E-state index in [1.165, 1.54) is 6.07 Å². The summed E-state index contributed by atoms with van der Waals surface area (Å²) in [5, 5.41) is 14.8. The van der Waals surface area contributed by atoms with Crippen LogP contribution in [0.1, 0.15) is 12.5 Å². The summed E-state index contributed by atoms with van der Waals surface area (Å²) in [4.78, 5) is 11.5. The van der Waals surface area contributed by atoms with Gasteiger partial charge in [0.05, 0.1) is 9.95 Å². The Morgan fingerprint density at radius 1 is 1.29 bits per heavy atom. The first-order chi connectivity index (χ1) is 10.1. The van der Waals surface area contributed by atoms with Gasteiger partial charge in [0, 0.05) is 35.0 Å². The van der Waals surface area contributed by atoms with E-state index in [0.29, 0.717) is 10.8 Å². The molecular weight excluding hydrogens is 308 g/mol. The fourth-order valence-electron chi connectivity index (χ4n) is 1.89. The van der Waals surface area contributed by atoms with Crippen LogP contribution in [-0.2, 0) is 5.75 Å². The zero-order valence-corrected chi connectivity index (χ0v) is 13.1. The Hall–Kier alpha value is -1.72. The van der Waals surface area contributed by atoms with Gasteiger partial charge in [-0.15, -0.1) is 11.8 Å². The van der Waals surface area contributed by atoms with E-state index in [1.807, 2.05) is 31.2 Å². The highest BCUT2D eigenvalue weighted by molar-refractivity contribution is 7.98. The maximum atomic E-state index is 10.9. The van der Waals surface area contributed by atoms with Crippen LogP contribution in [0.2, 0.25) is 5.02 Å². The molecule has 0 radical (unpaired) electrons. The van der Waals surface area contributed by atoms with Crippen molar-refractivity contribution >= 4 is 34.7 Å². The molecule has 2 aromatic rings. The summed E-state index contributed by atoms with van der Waals surface area (Å²) in [5.41, 5.74) is 1.92. The monoisotopic (exact) mass is 322 g/mol. The zero-order chi connectivity index (χ0) is 15.2. The van der Waals surface area contributed by atoms with Gasteiger partial charge >= 0.3 is 0 Å². The molecule has 0 aliphatic heterocycles. The van der Waals surface area contributed by atoms with Crippen molar-refractivity contribution in [2.75, 3.05) is 11.9 Å². The van der Waals surface area contributed by atoms with Gasteiger partial charge in [0.2, 0.25) is 0 Å². The molecule has 6 heteroatoms. The van der Waals surface area contributed by atoms with Gasteiger partial charge in [-0.1, -0.05) is 23.7 Å². The predicted octanol–water partition coefficient (Wildman–Crippen LogP) is 4.97. The third-order valence-electron chi connectivity index (χ3n) is 2.89. The lowest BCUT2D eigenvalue weighted by Gasteiger charge is -2.11. The average molecular weight is 323 g/mol. The fourth-order valence-corrected chi connectivity index (χ4v) is 3.12. The number of nitrogens with zero attached hydrogens (tertiary/aromatic N) is 1. The lowest BCUT2D eigenvalue weighted by atomic mass is 10.2. The molecule has 0 fully saturated rings. The Bertz CT molecular complexity index is 649. The van der Waals surface area contributed by atoms with Gasteiger partial charge in [-0.3, -0.25) is 10.1 Å². The van der Waals surface area contributed by atoms with E-state index in [-0.39, 0.29) is 10.6 Å². The first-order valence-electron chi connectivity index (χ1n) is 6.50. The van der Waals surface area contributed by atoms with Gasteiger partial charge in [0.15, 0.2) is 0 Å². The van der Waals surface area contributed by atoms with E-state index < -0.39 is 0 Å². The van der Waals surface area contributed by atoms with Crippen LogP contribution in [0, 0.1) is 10.1 Å². The highest BCUT2D eigenvalue weighted by Crippen LogP contribution is 2.32. The van der Waals surface area contributed by atoms with Crippen molar-refractivity contribution in [3.05, 3.63) is 63.2 Å². The van der Waals surface area contributed by atoms with Crippen LogP contribution in [0.25, 0.3) is 0 Å². The largest absolute Gasteiger partial charge is 0.385 e.